The number of ether oxygens (including phenoxy) is 2. The van der Waals surface area contributed by atoms with E-state index in [0.717, 1.165) is 48.6 Å². The van der Waals surface area contributed by atoms with Crippen molar-refractivity contribution in [1.82, 2.24) is 14.2 Å². The Labute approximate surface area is 225 Å². The molecule has 202 valence electrons. The Morgan fingerprint density at radius 2 is 1.66 bits per heavy atom. The second-order valence-electron chi connectivity index (χ2n) is 10.0. The minimum Gasteiger partial charge on any atom is -0.493 e. The fourth-order valence-corrected chi connectivity index (χ4v) is 6.51. The minimum absolute atomic E-state index is 0.199. The van der Waals surface area contributed by atoms with Crippen LogP contribution in [0.15, 0.2) is 71.9 Å². The van der Waals surface area contributed by atoms with Gasteiger partial charge in [0.15, 0.2) is 11.5 Å². The van der Waals surface area contributed by atoms with E-state index in [9.17, 15) is 8.42 Å². The second-order valence-corrected chi connectivity index (χ2v) is 11.9. The van der Waals surface area contributed by atoms with E-state index in [1.807, 2.05) is 55.7 Å². The van der Waals surface area contributed by atoms with Gasteiger partial charge in [0.05, 0.1) is 18.1 Å². The summed E-state index contributed by atoms with van der Waals surface area (Å²) in [6, 6.07) is 17.1. The zero-order valence-electron chi connectivity index (χ0n) is 22.1. The van der Waals surface area contributed by atoms with Crippen LogP contribution in [0, 0.1) is 0 Å². The first kappa shape index (κ1) is 26.5. The Kier molecular flexibility index (Phi) is 8.16. The highest BCUT2D eigenvalue weighted by molar-refractivity contribution is 7.89. The molecule has 0 unspecified atom stereocenters. The summed E-state index contributed by atoms with van der Waals surface area (Å²) < 4.78 is 40.1. The van der Waals surface area contributed by atoms with Crippen LogP contribution in [0.2, 0.25) is 0 Å². The molecule has 8 nitrogen and oxygen atoms in total. The molecule has 2 aromatic carbocycles. The number of hydrogen-bond donors (Lipinski definition) is 0. The van der Waals surface area contributed by atoms with Gasteiger partial charge in [-0.25, -0.2) is 8.42 Å². The third-order valence-corrected chi connectivity index (χ3v) is 9.28. The largest absolute Gasteiger partial charge is 0.493 e. The molecule has 9 heteroatoms. The number of pyridine rings is 1. The molecule has 38 heavy (non-hydrogen) atoms. The highest BCUT2D eigenvalue weighted by Crippen LogP contribution is 2.38. The molecule has 0 amide bonds. The van der Waals surface area contributed by atoms with E-state index in [0.29, 0.717) is 30.3 Å². The summed E-state index contributed by atoms with van der Waals surface area (Å²) in [5.41, 5.74) is 2.84. The van der Waals surface area contributed by atoms with Crippen LogP contribution in [0.3, 0.4) is 0 Å². The lowest BCUT2D eigenvalue weighted by molar-refractivity contribution is 0.201. The van der Waals surface area contributed by atoms with Gasteiger partial charge in [-0.05, 0) is 80.8 Å². The highest BCUT2D eigenvalue weighted by atomic mass is 32.2. The van der Waals surface area contributed by atoms with Crippen LogP contribution < -0.4 is 14.4 Å². The van der Waals surface area contributed by atoms with Crippen molar-refractivity contribution < 1.29 is 17.9 Å². The molecule has 1 saturated carbocycles. The molecule has 3 aromatic rings. The average molecular weight is 537 g/mol. The smallest absolute Gasteiger partial charge is 0.243 e. The van der Waals surface area contributed by atoms with E-state index in [4.69, 9.17) is 9.47 Å². The molecule has 0 N–H and O–H groups in total. The van der Waals surface area contributed by atoms with Crippen LogP contribution in [0.5, 0.6) is 11.5 Å². The molecule has 1 saturated heterocycles. The van der Waals surface area contributed by atoms with Gasteiger partial charge in [0.25, 0.3) is 0 Å². The van der Waals surface area contributed by atoms with E-state index >= 15 is 0 Å². The van der Waals surface area contributed by atoms with E-state index in [-0.39, 0.29) is 6.10 Å². The van der Waals surface area contributed by atoms with Crippen molar-refractivity contribution in [2.24, 2.45) is 0 Å². The molecular weight excluding hydrogens is 500 g/mol. The normalized spacial score (nSPS) is 17.4. The topological polar surface area (TPSA) is 75.2 Å². The summed E-state index contributed by atoms with van der Waals surface area (Å²) in [6.07, 6.45) is 8.27. The lowest BCUT2D eigenvalue weighted by Gasteiger charge is -2.31. The molecule has 1 aliphatic carbocycles. The van der Waals surface area contributed by atoms with Crippen LogP contribution in [-0.2, 0) is 16.6 Å². The maximum absolute atomic E-state index is 13.3. The zero-order valence-corrected chi connectivity index (χ0v) is 22.9. The van der Waals surface area contributed by atoms with Gasteiger partial charge in [-0.15, -0.1) is 0 Å². The molecular formula is C29H36N4O4S. The average Bonchev–Trinajstić information content (AvgIpc) is 3.46. The highest BCUT2D eigenvalue weighted by Gasteiger charge is 2.28. The molecule has 2 fully saturated rings. The van der Waals surface area contributed by atoms with Crippen LogP contribution in [-0.4, -0.2) is 69.0 Å². The van der Waals surface area contributed by atoms with Crippen LogP contribution in [0.4, 0.5) is 11.4 Å². The van der Waals surface area contributed by atoms with E-state index in [1.54, 1.807) is 29.7 Å². The summed E-state index contributed by atoms with van der Waals surface area (Å²) in [7, 11) is 0.130. The van der Waals surface area contributed by atoms with Crippen molar-refractivity contribution in [3.8, 4) is 11.5 Å². The van der Waals surface area contributed by atoms with Crippen molar-refractivity contribution in [2.45, 2.75) is 43.2 Å². The van der Waals surface area contributed by atoms with Gasteiger partial charge in [0, 0.05) is 62.6 Å². The lowest BCUT2D eigenvalue weighted by atomic mass is 10.1. The van der Waals surface area contributed by atoms with Gasteiger partial charge in [0.2, 0.25) is 10.0 Å². The van der Waals surface area contributed by atoms with Gasteiger partial charge in [0.1, 0.15) is 0 Å². The molecule has 0 atom stereocenters. The Morgan fingerprint density at radius 1 is 0.947 bits per heavy atom. The number of aromatic nitrogens is 1. The molecule has 1 aromatic heterocycles. The Morgan fingerprint density at radius 3 is 2.32 bits per heavy atom. The molecule has 2 heterocycles. The van der Waals surface area contributed by atoms with E-state index in [1.165, 1.54) is 12.8 Å². The minimum atomic E-state index is -3.54. The number of sulfonamides is 1. The van der Waals surface area contributed by atoms with Crippen molar-refractivity contribution in [3.63, 3.8) is 0 Å². The SMILES string of the molecule is COc1ccc(N(Cc2cccnc2)c2ccc(S(=O)(=O)N3CCN(C)CC3)cc2)cc1OC1CCCC1. The third-order valence-electron chi connectivity index (χ3n) is 7.37. The predicted molar refractivity (Wildman–Crippen MR) is 149 cm³/mol. The maximum atomic E-state index is 13.3. The first-order chi connectivity index (χ1) is 18.4. The number of anilines is 2. The number of nitrogens with zero attached hydrogens (tertiary/aromatic N) is 4. The number of methoxy groups -OCH3 is 1. The Hall–Kier alpha value is -3.14. The predicted octanol–water partition coefficient (Wildman–Crippen LogP) is 4.69. The lowest BCUT2D eigenvalue weighted by Crippen LogP contribution is -2.46. The van der Waals surface area contributed by atoms with Crippen LogP contribution >= 0.6 is 0 Å². The van der Waals surface area contributed by atoms with E-state index < -0.39 is 10.0 Å². The Balaban J connectivity index is 1.46. The molecule has 0 radical (unpaired) electrons. The number of rotatable bonds is 9. The summed E-state index contributed by atoms with van der Waals surface area (Å²) in [6.45, 7) is 3.04. The van der Waals surface area contributed by atoms with Gasteiger partial charge in [-0.1, -0.05) is 6.07 Å². The van der Waals surface area contributed by atoms with Gasteiger partial charge < -0.3 is 19.3 Å². The molecule has 1 aliphatic heterocycles. The first-order valence-electron chi connectivity index (χ1n) is 13.2. The number of piperazine rings is 1. The second kappa shape index (κ2) is 11.7. The monoisotopic (exact) mass is 536 g/mol. The number of hydrogen-bond acceptors (Lipinski definition) is 7. The standard InChI is InChI=1S/C29H36N4O4S/c1-31-16-18-32(19-17-31)38(34,35)27-12-9-24(10-13-27)33(22-23-6-5-15-30-21-23)25-11-14-28(36-2)29(20-25)37-26-7-3-4-8-26/h5-6,9-15,20-21,26H,3-4,7-8,16-19,22H2,1-2H3. The zero-order chi connectivity index (χ0) is 26.5. The van der Waals surface area contributed by atoms with Crippen molar-refractivity contribution in [2.75, 3.05) is 45.2 Å². The summed E-state index contributed by atoms with van der Waals surface area (Å²) in [5.74, 6) is 1.43. The van der Waals surface area contributed by atoms with Crippen molar-refractivity contribution in [1.29, 1.82) is 0 Å². The van der Waals surface area contributed by atoms with Gasteiger partial charge >= 0.3 is 0 Å². The first-order valence-corrected chi connectivity index (χ1v) is 14.7. The molecule has 5 rings (SSSR count). The van der Waals surface area contributed by atoms with Gasteiger partial charge in [-0.3, -0.25) is 4.98 Å². The maximum Gasteiger partial charge on any atom is 0.243 e. The van der Waals surface area contributed by atoms with E-state index in [2.05, 4.69) is 14.8 Å². The molecule has 0 spiro atoms. The Bertz CT molecular complexity index is 1300. The summed E-state index contributed by atoms with van der Waals surface area (Å²) in [4.78, 5) is 8.88. The van der Waals surface area contributed by atoms with Crippen LogP contribution in [0.25, 0.3) is 0 Å². The third kappa shape index (κ3) is 5.95. The fourth-order valence-electron chi connectivity index (χ4n) is 5.09. The van der Waals surface area contributed by atoms with Gasteiger partial charge in [-0.2, -0.15) is 4.31 Å². The van der Waals surface area contributed by atoms with Crippen molar-refractivity contribution in [3.05, 3.63) is 72.6 Å². The molecule has 2 aliphatic rings. The van der Waals surface area contributed by atoms with Crippen molar-refractivity contribution >= 4 is 21.4 Å². The number of benzene rings is 2. The van der Waals surface area contributed by atoms with Crippen LogP contribution in [0.1, 0.15) is 31.2 Å². The fraction of sp³-hybridized carbons (Fsp3) is 0.414. The quantitative estimate of drug-likeness (QED) is 0.393. The molecule has 0 bridgehead atoms. The summed E-state index contributed by atoms with van der Waals surface area (Å²) in [5, 5.41) is 0. The summed E-state index contributed by atoms with van der Waals surface area (Å²) >= 11 is 0. The number of likely N-dealkylation sites (N-methyl/N-ethyl adjacent to an activating group) is 1.